The maximum atomic E-state index is 9.38. The Morgan fingerprint density at radius 1 is 1.26 bits per heavy atom. The summed E-state index contributed by atoms with van der Waals surface area (Å²) in [6.45, 7) is 0. The van der Waals surface area contributed by atoms with Crippen molar-refractivity contribution in [1.82, 2.24) is 10.1 Å². The molecule has 0 radical (unpaired) electrons. The quantitative estimate of drug-likeness (QED) is 0.552. The lowest BCUT2D eigenvalue weighted by molar-refractivity contribution is 0.432. The molecule has 3 rings (SSSR count). The van der Waals surface area contributed by atoms with E-state index >= 15 is 0 Å². The van der Waals surface area contributed by atoms with Gasteiger partial charge in [0.25, 0.3) is 5.89 Å². The van der Waals surface area contributed by atoms with E-state index in [9.17, 15) is 5.11 Å². The molecule has 0 spiro atoms. The molecule has 0 unspecified atom stereocenters. The van der Waals surface area contributed by atoms with Gasteiger partial charge in [0.05, 0.1) is 14.4 Å². The summed E-state index contributed by atoms with van der Waals surface area (Å²) in [5.74, 6) is 0.925. The van der Waals surface area contributed by atoms with Crippen LogP contribution in [0.4, 0.5) is 5.69 Å². The fourth-order valence-electron chi connectivity index (χ4n) is 1.56. The van der Waals surface area contributed by atoms with E-state index in [1.165, 1.54) is 17.4 Å². The van der Waals surface area contributed by atoms with Crippen molar-refractivity contribution in [1.29, 1.82) is 0 Å². The van der Waals surface area contributed by atoms with Gasteiger partial charge in [-0.15, -0.1) is 11.3 Å². The van der Waals surface area contributed by atoms with Gasteiger partial charge in [-0.1, -0.05) is 5.16 Å². The van der Waals surface area contributed by atoms with Gasteiger partial charge in [0.2, 0.25) is 5.82 Å². The first-order chi connectivity index (χ1) is 9.13. The third kappa shape index (κ3) is 2.34. The number of hydrogen-bond acceptors (Lipinski definition) is 6. The molecule has 3 N–H and O–H groups in total. The van der Waals surface area contributed by atoms with Crippen LogP contribution in [0.5, 0.6) is 5.75 Å². The predicted octanol–water partition coefficient (Wildman–Crippen LogP) is 3.52. The summed E-state index contributed by atoms with van der Waals surface area (Å²) in [5.41, 5.74) is 6.58. The number of benzene rings is 1. The second-order valence-corrected chi connectivity index (χ2v) is 6.26. The molecular formula is C12H8BrN3O2S. The van der Waals surface area contributed by atoms with Gasteiger partial charge in [-0.2, -0.15) is 4.98 Å². The Morgan fingerprint density at radius 2 is 2.11 bits per heavy atom. The molecule has 96 valence electrons. The van der Waals surface area contributed by atoms with Crippen LogP contribution >= 0.6 is 27.3 Å². The predicted molar refractivity (Wildman–Crippen MR) is 76.8 cm³/mol. The molecule has 0 saturated heterocycles. The Kier molecular flexibility index (Phi) is 3.00. The first-order valence-electron chi connectivity index (χ1n) is 5.32. The summed E-state index contributed by atoms with van der Waals surface area (Å²) >= 11 is 4.91. The van der Waals surface area contributed by atoms with Crippen molar-refractivity contribution in [2.75, 3.05) is 5.73 Å². The molecule has 0 fully saturated rings. The van der Waals surface area contributed by atoms with E-state index in [1.807, 2.05) is 12.1 Å². The van der Waals surface area contributed by atoms with Crippen LogP contribution in [0, 0.1) is 0 Å². The Hall–Kier alpha value is -1.86. The number of hydrogen-bond donors (Lipinski definition) is 2. The Balaban J connectivity index is 1.98. The highest BCUT2D eigenvalue weighted by atomic mass is 79.9. The maximum absolute atomic E-state index is 9.38. The highest BCUT2D eigenvalue weighted by molar-refractivity contribution is 9.11. The second-order valence-electron chi connectivity index (χ2n) is 3.80. The lowest BCUT2D eigenvalue weighted by Crippen LogP contribution is -1.86. The lowest BCUT2D eigenvalue weighted by atomic mass is 10.2. The second kappa shape index (κ2) is 4.67. The van der Waals surface area contributed by atoms with Crippen LogP contribution in [0.15, 0.2) is 38.6 Å². The minimum atomic E-state index is 0.0330. The van der Waals surface area contributed by atoms with Gasteiger partial charge in [0.1, 0.15) is 5.75 Å². The van der Waals surface area contributed by atoms with Crippen molar-refractivity contribution < 1.29 is 9.63 Å². The molecule has 0 aliphatic heterocycles. The van der Waals surface area contributed by atoms with Crippen molar-refractivity contribution >= 4 is 33.0 Å². The molecule has 7 heteroatoms. The molecule has 3 aromatic rings. The minimum absolute atomic E-state index is 0.0330. The average molecular weight is 338 g/mol. The Bertz CT molecular complexity index is 738. The molecular weight excluding hydrogens is 330 g/mol. The number of nitrogens with zero attached hydrogens (tertiary/aromatic N) is 2. The zero-order valence-corrected chi connectivity index (χ0v) is 11.9. The number of anilines is 1. The molecule has 0 aliphatic rings. The first kappa shape index (κ1) is 12.2. The van der Waals surface area contributed by atoms with Crippen LogP contribution in [-0.4, -0.2) is 15.2 Å². The third-order valence-electron chi connectivity index (χ3n) is 2.49. The van der Waals surface area contributed by atoms with E-state index in [0.29, 0.717) is 17.3 Å². The summed E-state index contributed by atoms with van der Waals surface area (Å²) in [6.07, 6.45) is 0. The van der Waals surface area contributed by atoms with E-state index in [-0.39, 0.29) is 11.4 Å². The van der Waals surface area contributed by atoms with Gasteiger partial charge in [0, 0.05) is 5.56 Å². The summed E-state index contributed by atoms with van der Waals surface area (Å²) in [4.78, 5) is 5.22. The number of halogens is 1. The van der Waals surface area contributed by atoms with E-state index in [4.69, 9.17) is 10.3 Å². The molecule has 19 heavy (non-hydrogen) atoms. The van der Waals surface area contributed by atoms with Crippen molar-refractivity contribution in [3.05, 3.63) is 34.1 Å². The highest BCUT2D eigenvalue weighted by Gasteiger charge is 2.13. The number of nitrogen functional groups attached to an aromatic ring is 1. The third-order valence-corrected chi connectivity index (χ3v) is 4.11. The SMILES string of the molecule is Nc1cc(-c2nc(-c3ccc(Br)s3)no2)ccc1O. The van der Waals surface area contributed by atoms with Crippen LogP contribution in [0.3, 0.4) is 0 Å². The van der Waals surface area contributed by atoms with Gasteiger partial charge in [-0.3, -0.25) is 0 Å². The highest BCUT2D eigenvalue weighted by Crippen LogP contribution is 2.32. The molecule has 0 bridgehead atoms. The van der Waals surface area contributed by atoms with E-state index in [0.717, 1.165) is 8.66 Å². The van der Waals surface area contributed by atoms with Gasteiger partial charge in [0.15, 0.2) is 0 Å². The zero-order chi connectivity index (χ0) is 13.4. The van der Waals surface area contributed by atoms with Crippen molar-refractivity contribution in [2.45, 2.75) is 0 Å². The fraction of sp³-hybridized carbons (Fsp3) is 0. The van der Waals surface area contributed by atoms with Crippen LogP contribution in [0.2, 0.25) is 0 Å². The standard InChI is InChI=1S/C12H8BrN3O2S/c13-10-4-3-9(19-10)11-15-12(18-16-11)6-1-2-8(17)7(14)5-6/h1-5,17H,14H2. The van der Waals surface area contributed by atoms with Gasteiger partial charge >= 0.3 is 0 Å². The molecule has 0 saturated carbocycles. The van der Waals surface area contributed by atoms with Crippen LogP contribution in [-0.2, 0) is 0 Å². The van der Waals surface area contributed by atoms with Crippen LogP contribution in [0.1, 0.15) is 0 Å². The maximum Gasteiger partial charge on any atom is 0.258 e. The van der Waals surface area contributed by atoms with E-state index in [2.05, 4.69) is 26.1 Å². The summed E-state index contributed by atoms with van der Waals surface area (Å²) in [5, 5.41) is 13.3. The van der Waals surface area contributed by atoms with Gasteiger partial charge < -0.3 is 15.4 Å². The number of aromatic hydroxyl groups is 1. The van der Waals surface area contributed by atoms with Crippen molar-refractivity contribution in [3.63, 3.8) is 0 Å². The average Bonchev–Trinajstić information content (AvgIpc) is 3.01. The summed E-state index contributed by atoms with van der Waals surface area (Å²) in [7, 11) is 0. The topological polar surface area (TPSA) is 85.2 Å². The number of phenolic OH excluding ortho intramolecular Hbond substituents is 1. The largest absolute Gasteiger partial charge is 0.506 e. The molecule has 2 aromatic heterocycles. The summed E-state index contributed by atoms with van der Waals surface area (Å²) < 4.78 is 6.20. The number of nitrogens with two attached hydrogens (primary N) is 1. The smallest absolute Gasteiger partial charge is 0.258 e. The number of aromatic nitrogens is 2. The molecule has 0 amide bonds. The van der Waals surface area contributed by atoms with Crippen LogP contribution < -0.4 is 5.73 Å². The van der Waals surface area contributed by atoms with Gasteiger partial charge in [-0.05, 0) is 46.3 Å². The number of rotatable bonds is 2. The fourth-order valence-corrected chi connectivity index (χ4v) is 2.87. The molecule has 0 aliphatic carbocycles. The number of phenols is 1. The lowest BCUT2D eigenvalue weighted by Gasteiger charge is -1.99. The molecule has 2 heterocycles. The number of thiophene rings is 1. The Morgan fingerprint density at radius 3 is 2.79 bits per heavy atom. The normalized spacial score (nSPS) is 10.8. The van der Waals surface area contributed by atoms with Crippen molar-refractivity contribution in [2.24, 2.45) is 0 Å². The zero-order valence-electron chi connectivity index (χ0n) is 9.50. The van der Waals surface area contributed by atoms with Crippen LogP contribution in [0.25, 0.3) is 22.2 Å². The molecule has 1 aromatic carbocycles. The summed E-state index contributed by atoms with van der Waals surface area (Å²) in [6, 6.07) is 8.60. The Labute approximate surface area is 120 Å². The molecule has 0 atom stereocenters. The van der Waals surface area contributed by atoms with Gasteiger partial charge in [-0.25, -0.2) is 0 Å². The first-order valence-corrected chi connectivity index (χ1v) is 6.93. The van der Waals surface area contributed by atoms with E-state index < -0.39 is 0 Å². The van der Waals surface area contributed by atoms with Crippen molar-refractivity contribution in [3.8, 4) is 27.9 Å². The van der Waals surface area contributed by atoms with E-state index in [1.54, 1.807) is 12.1 Å². The monoisotopic (exact) mass is 337 g/mol. The minimum Gasteiger partial charge on any atom is -0.506 e. The molecule has 5 nitrogen and oxygen atoms in total.